The molecule has 0 aromatic rings. The van der Waals surface area contributed by atoms with Crippen molar-refractivity contribution in [3.63, 3.8) is 0 Å². The van der Waals surface area contributed by atoms with Gasteiger partial charge in [0.15, 0.2) is 0 Å². The van der Waals surface area contributed by atoms with Crippen LogP contribution in [0, 0.1) is 0 Å². The van der Waals surface area contributed by atoms with E-state index in [4.69, 9.17) is 15.3 Å². The van der Waals surface area contributed by atoms with E-state index >= 15 is 0 Å². The molecule has 0 aromatic carbocycles. The van der Waals surface area contributed by atoms with Gasteiger partial charge in [0.05, 0.1) is 0 Å². The second-order valence-corrected chi connectivity index (χ2v) is 2.29. The molecule has 0 aliphatic heterocycles. The van der Waals surface area contributed by atoms with Crippen LogP contribution in [0.5, 0.6) is 0 Å². The summed E-state index contributed by atoms with van der Waals surface area (Å²) in [5, 5.41) is 22.7. The maximum absolute atomic E-state index is 9.20. The van der Waals surface area contributed by atoms with E-state index in [0.29, 0.717) is 0 Å². The number of aliphatic hydroxyl groups is 2. The average Bonchev–Trinajstić information content (AvgIpc) is 2.60. The highest BCUT2D eigenvalue weighted by molar-refractivity contribution is 5.80. The van der Waals surface area contributed by atoms with Crippen molar-refractivity contribution in [1.29, 1.82) is 0 Å². The van der Waals surface area contributed by atoms with Crippen LogP contribution in [0.1, 0.15) is 0 Å². The van der Waals surface area contributed by atoms with E-state index in [1.165, 1.54) is 11.1 Å². The topological polar surface area (TPSA) is 77.8 Å². The Morgan fingerprint density at radius 2 is 1.67 bits per heavy atom. The summed E-state index contributed by atoms with van der Waals surface area (Å²) in [6.45, 7) is 0. The van der Waals surface area contributed by atoms with Gasteiger partial charge in [0.2, 0.25) is 0 Å². The zero-order valence-electron chi connectivity index (χ0n) is 6.14. The van der Waals surface area contributed by atoms with Crippen molar-refractivity contribution >= 4 is 5.97 Å². The number of rotatable bonds is 1. The van der Waals surface area contributed by atoms with Gasteiger partial charge in [-0.3, -0.25) is 0 Å². The highest BCUT2D eigenvalue weighted by Gasteiger charge is 2.07. The minimum Gasteiger partial charge on any atom is -0.477 e. The first kappa shape index (κ1) is 8.70. The van der Waals surface area contributed by atoms with Crippen molar-refractivity contribution in [2.24, 2.45) is 0 Å². The number of carbonyl (C=O) groups is 1. The second kappa shape index (κ2) is 3.34. The lowest BCUT2D eigenvalue weighted by atomic mass is 10.6. The highest BCUT2D eigenvalue weighted by atomic mass is 16.5. The summed E-state index contributed by atoms with van der Waals surface area (Å²) < 4.78 is 0. The van der Waals surface area contributed by atoms with Crippen LogP contribution in [0.25, 0.3) is 11.1 Å². The fourth-order valence-electron chi connectivity index (χ4n) is 0.676. The molecule has 0 saturated carbocycles. The Morgan fingerprint density at radius 3 is 1.75 bits per heavy atom. The summed E-state index contributed by atoms with van der Waals surface area (Å²) >= 11 is 0. The van der Waals surface area contributed by atoms with E-state index in [1.54, 1.807) is 0 Å². The van der Waals surface area contributed by atoms with E-state index in [2.05, 4.69) is 24.3 Å². The molecule has 0 amide bonds. The van der Waals surface area contributed by atoms with Crippen molar-refractivity contribution < 1.29 is 20.1 Å². The SMILES string of the molecule is O=C(O)C(O)O.c1cc2cc-2c1. The fourth-order valence-corrected chi connectivity index (χ4v) is 0.676. The molecular formula is C8H8O4. The second-order valence-electron chi connectivity index (χ2n) is 2.29. The molecule has 0 bridgehead atoms. The summed E-state index contributed by atoms with van der Waals surface area (Å²) in [7, 11) is 0. The van der Waals surface area contributed by atoms with Gasteiger partial charge in [-0.15, -0.1) is 0 Å². The summed E-state index contributed by atoms with van der Waals surface area (Å²) in [5.74, 6) is -1.63. The Balaban J connectivity index is 0.000000120. The average molecular weight is 168 g/mol. The standard InChI is InChI=1S/C6H4.C2H4O4/c1-2-5-4-6(5)3-1;3-1(4)2(5)6/h1-4H;1,3-4H,(H,5,6). The molecule has 2 aliphatic rings. The van der Waals surface area contributed by atoms with Crippen molar-refractivity contribution in [2.45, 2.75) is 6.29 Å². The molecule has 0 heterocycles. The zero-order valence-corrected chi connectivity index (χ0v) is 6.14. The minimum atomic E-state index is -2.23. The first-order valence-electron chi connectivity index (χ1n) is 3.30. The maximum atomic E-state index is 9.20. The van der Waals surface area contributed by atoms with Gasteiger partial charge in [-0.25, -0.2) is 4.79 Å². The van der Waals surface area contributed by atoms with Crippen LogP contribution in [-0.4, -0.2) is 27.6 Å². The number of fused-ring (bicyclic) bond motifs is 1. The Kier molecular flexibility index (Phi) is 2.42. The predicted octanol–water partition coefficient (Wildman–Crippen LogP) is 0.0487. The Morgan fingerprint density at radius 1 is 1.25 bits per heavy atom. The molecule has 2 rings (SSSR count). The lowest BCUT2D eigenvalue weighted by Gasteiger charge is -1.88. The predicted molar refractivity (Wildman–Crippen MR) is 41.3 cm³/mol. The molecule has 0 fully saturated rings. The van der Waals surface area contributed by atoms with Crippen molar-refractivity contribution in [2.75, 3.05) is 0 Å². The molecule has 64 valence electrons. The van der Waals surface area contributed by atoms with Crippen LogP contribution in [-0.2, 0) is 4.79 Å². The third kappa shape index (κ3) is 2.34. The van der Waals surface area contributed by atoms with Crippen LogP contribution in [0.15, 0.2) is 24.3 Å². The minimum absolute atomic E-state index is 1.43. The molecule has 0 spiro atoms. The maximum Gasteiger partial charge on any atom is 0.360 e. The normalized spacial score (nSPS) is 10.2. The Hall–Kier alpha value is -1.39. The van der Waals surface area contributed by atoms with E-state index in [0.717, 1.165) is 0 Å². The number of benzene rings is 1. The number of aliphatic hydroxyl groups excluding tert-OH is 1. The summed E-state index contributed by atoms with van der Waals surface area (Å²) in [6, 6.07) is 8.48. The summed E-state index contributed by atoms with van der Waals surface area (Å²) in [6.07, 6.45) is -2.23. The van der Waals surface area contributed by atoms with Gasteiger partial charge in [-0.2, -0.15) is 0 Å². The van der Waals surface area contributed by atoms with E-state index in [9.17, 15) is 4.79 Å². The largest absolute Gasteiger partial charge is 0.477 e. The third-order valence-electron chi connectivity index (χ3n) is 1.33. The van der Waals surface area contributed by atoms with Crippen molar-refractivity contribution in [3.05, 3.63) is 24.3 Å². The zero-order chi connectivity index (χ0) is 9.14. The van der Waals surface area contributed by atoms with Gasteiger partial charge in [0, 0.05) is 0 Å². The van der Waals surface area contributed by atoms with E-state index in [-0.39, 0.29) is 0 Å². The number of hydrogen-bond donors (Lipinski definition) is 3. The van der Waals surface area contributed by atoms with Crippen LogP contribution in [0.4, 0.5) is 0 Å². The molecule has 12 heavy (non-hydrogen) atoms. The lowest BCUT2D eigenvalue weighted by molar-refractivity contribution is -0.165. The molecule has 0 unspecified atom stereocenters. The summed E-state index contributed by atoms with van der Waals surface area (Å²) in [4.78, 5) is 9.20. The van der Waals surface area contributed by atoms with Gasteiger partial charge in [-0.1, -0.05) is 18.2 Å². The van der Waals surface area contributed by atoms with Crippen molar-refractivity contribution in [3.8, 4) is 11.1 Å². The van der Waals surface area contributed by atoms with E-state index < -0.39 is 12.3 Å². The first-order valence-corrected chi connectivity index (χ1v) is 3.30. The molecule has 4 heteroatoms. The molecule has 0 aromatic heterocycles. The van der Waals surface area contributed by atoms with Gasteiger partial charge in [0.1, 0.15) is 0 Å². The molecule has 0 atom stereocenters. The van der Waals surface area contributed by atoms with Crippen LogP contribution < -0.4 is 0 Å². The van der Waals surface area contributed by atoms with Gasteiger partial charge < -0.3 is 15.3 Å². The molecule has 0 radical (unpaired) electrons. The number of hydrogen-bond acceptors (Lipinski definition) is 3. The molecule has 4 nitrogen and oxygen atoms in total. The van der Waals surface area contributed by atoms with E-state index in [1.807, 2.05) is 0 Å². The third-order valence-corrected chi connectivity index (χ3v) is 1.33. The van der Waals surface area contributed by atoms with Gasteiger partial charge in [0.25, 0.3) is 6.29 Å². The van der Waals surface area contributed by atoms with Gasteiger partial charge in [-0.05, 0) is 17.2 Å². The molecule has 3 N–H and O–H groups in total. The highest BCUT2D eigenvalue weighted by Crippen LogP contribution is 2.32. The van der Waals surface area contributed by atoms with Crippen LogP contribution in [0.3, 0.4) is 0 Å². The smallest absolute Gasteiger partial charge is 0.360 e. The molecular weight excluding hydrogens is 160 g/mol. The Labute approximate surface area is 68.7 Å². The quantitative estimate of drug-likeness (QED) is 0.526. The number of carboxylic acid groups (broad SMARTS) is 1. The van der Waals surface area contributed by atoms with Crippen molar-refractivity contribution in [1.82, 2.24) is 0 Å². The van der Waals surface area contributed by atoms with Crippen LogP contribution in [0.2, 0.25) is 0 Å². The van der Waals surface area contributed by atoms with Gasteiger partial charge >= 0.3 is 5.97 Å². The molecule has 0 saturated heterocycles. The van der Waals surface area contributed by atoms with Crippen LogP contribution >= 0.6 is 0 Å². The number of carboxylic acids is 1. The monoisotopic (exact) mass is 168 g/mol. The molecule has 2 aliphatic carbocycles. The first-order chi connectivity index (χ1) is 5.61. The fraction of sp³-hybridized carbons (Fsp3) is 0.125. The lowest BCUT2D eigenvalue weighted by Crippen LogP contribution is -2.17. The summed E-state index contributed by atoms with van der Waals surface area (Å²) in [5.41, 5.74) is 2.85. The number of aliphatic carboxylic acids is 1. The Bertz CT molecular complexity index is 276.